The van der Waals surface area contributed by atoms with Crippen molar-refractivity contribution < 1.29 is 4.57 Å². The van der Waals surface area contributed by atoms with Crippen molar-refractivity contribution in [3.05, 3.63) is 29.8 Å². The zero-order valence-electron chi connectivity index (χ0n) is 8.40. The van der Waals surface area contributed by atoms with Gasteiger partial charge in [-0.3, -0.25) is 0 Å². The van der Waals surface area contributed by atoms with Crippen LogP contribution in [-0.4, -0.2) is 5.75 Å². The summed E-state index contributed by atoms with van der Waals surface area (Å²) in [7, 11) is 0. The predicted octanol–water partition coefficient (Wildman–Crippen LogP) is 4.75. The number of benzene rings is 1. The molecular formula is C10H14OPS2+. The Morgan fingerprint density at radius 2 is 2.00 bits per heavy atom. The molecule has 14 heavy (non-hydrogen) atoms. The third-order valence-electron chi connectivity index (χ3n) is 1.76. The van der Waals surface area contributed by atoms with E-state index in [2.05, 4.69) is 13.0 Å². The third-order valence-corrected chi connectivity index (χ3v) is 7.04. The highest BCUT2D eigenvalue weighted by Gasteiger charge is 2.21. The second kappa shape index (κ2) is 6.49. The smallest absolute Gasteiger partial charge is 0.0619 e. The zero-order valence-corrected chi connectivity index (χ0v) is 10.9. The van der Waals surface area contributed by atoms with Gasteiger partial charge in [-0.15, -0.1) is 0 Å². The molecule has 1 aromatic rings. The highest BCUT2D eigenvalue weighted by Crippen LogP contribution is 2.54. The van der Waals surface area contributed by atoms with Crippen molar-refractivity contribution in [2.45, 2.75) is 25.2 Å². The third kappa shape index (κ3) is 3.64. The Morgan fingerprint density at radius 1 is 1.29 bits per heavy atom. The number of hydrogen-bond acceptors (Lipinski definition) is 3. The van der Waals surface area contributed by atoms with E-state index in [4.69, 9.17) is 0 Å². The summed E-state index contributed by atoms with van der Waals surface area (Å²) < 4.78 is 11.6. The number of rotatable bonds is 5. The maximum Gasteiger partial charge on any atom is 0.488 e. The van der Waals surface area contributed by atoms with Gasteiger partial charge in [-0.05, 0) is 22.6 Å². The van der Waals surface area contributed by atoms with E-state index in [1.165, 1.54) is 28.3 Å². The number of hydrogen-bond donors (Lipinski definition) is 0. The highest BCUT2D eigenvalue weighted by molar-refractivity contribution is 8.84. The first-order valence-electron chi connectivity index (χ1n) is 4.64. The van der Waals surface area contributed by atoms with Gasteiger partial charge >= 0.3 is 6.20 Å². The summed E-state index contributed by atoms with van der Waals surface area (Å²) in [5.74, 6) is 0.913. The van der Waals surface area contributed by atoms with Crippen LogP contribution in [0.4, 0.5) is 0 Å². The average Bonchev–Trinajstić information content (AvgIpc) is 2.19. The van der Waals surface area contributed by atoms with Crippen molar-refractivity contribution in [3.8, 4) is 0 Å². The van der Waals surface area contributed by atoms with Crippen LogP contribution in [-0.2, 0) is 11.0 Å². The lowest BCUT2D eigenvalue weighted by atomic mass is 10.2. The standard InChI is InChI=1S/C10H14OPS2/c1-3-9-7-5-6-8-10(9)14-12(11)13-4-2/h5-8H,3-4H2,1-2H3/q+1. The second-order valence-corrected chi connectivity index (χ2v) is 8.60. The molecule has 1 unspecified atom stereocenters. The van der Waals surface area contributed by atoms with E-state index in [1.807, 2.05) is 25.1 Å². The summed E-state index contributed by atoms with van der Waals surface area (Å²) in [5, 5.41) is 0. The summed E-state index contributed by atoms with van der Waals surface area (Å²) in [6, 6.07) is 8.18. The Labute approximate surface area is 94.3 Å². The van der Waals surface area contributed by atoms with Crippen LogP contribution < -0.4 is 0 Å². The minimum absolute atomic E-state index is 0.913. The summed E-state index contributed by atoms with van der Waals surface area (Å²) in [4.78, 5) is 1.16. The van der Waals surface area contributed by atoms with Crippen LogP contribution in [0.5, 0.6) is 0 Å². The molecular weight excluding hydrogens is 231 g/mol. The molecule has 0 bridgehead atoms. The molecule has 0 aliphatic carbocycles. The van der Waals surface area contributed by atoms with Gasteiger partial charge in [0, 0.05) is 5.75 Å². The van der Waals surface area contributed by atoms with Crippen molar-refractivity contribution >= 4 is 29.0 Å². The Balaban J connectivity index is 2.70. The molecule has 0 spiro atoms. The Kier molecular flexibility index (Phi) is 5.61. The fourth-order valence-electron chi connectivity index (χ4n) is 1.10. The van der Waals surface area contributed by atoms with Gasteiger partial charge in [0.2, 0.25) is 0 Å². The van der Waals surface area contributed by atoms with E-state index < -0.39 is 6.20 Å². The molecule has 76 valence electrons. The predicted molar refractivity (Wildman–Crippen MR) is 67.4 cm³/mol. The van der Waals surface area contributed by atoms with Gasteiger partial charge in [0.15, 0.2) is 11.4 Å². The van der Waals surface area contributed by atoms with Crippen molar-refractivity contribution in [1.29, 1.82) is 0 Å². The fourth-order valence-corrected chi connectivity index (χ4v) is 5.94. The van der Waals surface area contributed by atoms with Gasteiger partial charge in [0.1, 0.15) is 11.4 Å². The first-order chi connectivity index (χ1) is 6.77. The van der Waals surface area contributed by atoms with Crippen LogP contribution in [0.2, 0.25) is 0 Å². The second-order valence-electron chi connectivity index (χ2n) is 2.69. The van der Waals surface area contributed by atoms with E-state index in [0.29, 0.717) is 0 Å². The highest BCUT2D eigenvalue weighted by atomic mass is 33.1. The molecule has 0 aliphatic rings. The molecule has 1 rings (SSSR count). The molecule has 0 aliphatic heterocycles. The van der Waals surface area contributed by atoms with Crippen LogP contribution in [0.1, 0.15) is 19.4 Å². The summed E-state index contributed by atoms with van der Waals surface area (Å²) in [6.45, 7) is 4.16. The van der Waals surface area contributed by atoms with Gasteiger partial charge in [-0.25, -0.2) is 0 Å². The monoisotopic (exact) mass is 245 g/mol. The lowest BCUT2D eigenvalue weighted by Gasteiger charge is -1.98. The number of aryl methyl sites for hydroxylation is 1. The van der Waals surface area contributed by atoms with E-state index >= 15 is 0 Å². The molecule has 0 N–H and O–H groups in total. The molecule has 0 aromatic heterocycles. The maximum absolute atomic E-state index is 11.6. The molecule has 0 heterocycles. The largest absolute Gasteiger partial charge is 0.488 e. The van der Waals surface area contributed by atoms with Crippen LogP contribution in [0.3, 0.4) is 0 Å². The molecule has 0 radical (unpaired) electrons. The molecule has 0 fully saturated rings. The van der Waals surface area contributed by atoms with Gasteiger partial charge in [-0.2, -0.15) is 0 Å². The molecule has 0 saturated carbocycles. The van der Waals surface area contributed by atoms with Crippen LogP contribution in [0.25, 0.3) is 0 Å². The normalized spacial score (nSPS) is 11.4. The van der Waals surface area contributed by atoms with E-state index in [0.717, 1.165) is 17.1 Å². The fraction of sp³-hybridized carbons (Fsp3) is 0.400. The Hall–Kier alpha value is 0.0200. The molecule has 4 heteroatoms. The maximum atomic E-state index is 11.6. The minimum Gasteiger partial charge on any atom is -0.0619 e. The first kappa shape index (κ1) is 12.1. The molecule has 0 saturated heterocycles. The van der Waals surface area contributed by atoms with Gasteiger partial charge in [0.25, 0.3) is 0 Å². The minimum atomic E-state index is -1.20. The van der Waals surface area contributed by atoms with Crippen molar-refractivity contribution in [3.63, 3.8) is 0 Å². The van der Waals surface area contributed by atoms with Crippen LogP contribution in [0, 0.1) is 0 Å². The molecule has 0 amide bonds. The molecule has 1 atom stereocenters. The van der Waals surface area contributed by atoms with Crippen LogP contribution in [0.15, 0.2) is 29.2 Å². The van der Waals surface area contributed by atoms with E-state index in [9.17, 15) is 4.57 Å². The molecule has 1 nitrogen and oxygen atoms in total. The van der Waals surface area contributed by atoms with Crippen LogP contribution >= 0.6 is 29.0 Å². The van der Waals surface area contributed by atoms with Gasteiger partial charge < -0.3 is 0 Å². The van der Waals surface area contributed by atoms with Gasteiger partial charge in [0.05, 0.1) is 4.90 Å². The zero-order chi connectivity index (χ0) is 10.4. The first-order valence-corrected chi connectivity index (χ1v) is 8.91. The lowest BCUT2D eigenvalue weighted by Crippen LogP contribution is -1.81. The van der Waals surface area contributed by atoms with E-state index in [-0.39, 0.29) is 0 Å². The summed E-state index contributed by atoms with van der Waals surface area (Å²) in [5.41, 5.74) is 1.29. The molecule has 1 aromatic carbocycles. The topological polar surface area (TPSA) is 17.1 Å². The van der Waals surface area contributed by atoms with Gasteiger partial charge in [-0.1, -0.05) is 32.0 Å². The van der Waals surface area contributed by atoms with Crippen molar-refractivity contribution in [1.82, 2.24) is 0 Å². The quantitative estimate of drug-likeness (QED) is 0.697. The SMILES string of the molecule is CCS[P+](=O)Sc1ccccc1CC. The van der Waals surface area contributed by atoms with E-state index in [1.54, 1.807) is 0 Å². The Bertz CT molecular complexity index is 315. The summed E-state index contributed by atoms with van der Waals surface area (Å²) >= 11 is 3.01. The van der Waals surface area contributed by atoms with Crippen molar-refractivity contribution in [2.24, 2.45) is 0 Å². The summed E-state index contributed by atoms with van der Waals surface area (Å²) in [6.07, 6.45) is -0.192. The average molecular weight is 245 g/mol. The van der Waals surface area contributed by atoms with Crippen molar-refractivity contribution in [2.75, 3.05) is 5.75 Å². The lowest BCUT2D eigenvalue weighted by molar-refractivity contribution is 0.603. The Morgan fingerprint density at radius 3 is 2.64 bits per heavy atom.